The summed E-state index contributed by atoms with van der Waals surface area (Å²) in [7, 11) is 3.19. The van der Waals surface area contributed by atoms with Crippen molar-refractivity contribution in [2.24, 2.45) is 0 Å². The lowest BCUT2D eigenvalue weighted by Crippen LogP contribution is -2.38. The standard InChI is InChI=1S/C25H22N2O5S2/c1-30-18-11-15-9-10-27(13-16(15)12-19(18)31-2)23(28)14-32-25(29)22-8-7-21(33-22)24-26-17-5-3-4-6-20(17)34-24/h3-8,11-12H,9-10,13-14H2,1-2H3. The minimum Gasteiger partial charge on any atom is -0.493 e. The average Bonchev–Trinajstić information content (AvgIpc) is 3.53. The number of hydrogen-bond acceptors (Lipinski definition) is 8. The lowest BCUT2D eigenvalue weighted by molar-refractivity contribution is -0.135. The minimum atomic E-state index is -0.505. The molecule has 34 heavy (non-hydrogen) atoms. The maximum absolute atomic E-state index is 12.7. The zero-order valence-electron chi connectivity index (χ0n) is 18.7. The molecule has 1 aliphatic rings. The molecule has 174 valence electrons. The van der Waals surface area contributed by atoms with E-state index in [9.17, 15) is 9.59 Å². The van der Waals surface area contributed by atoms with Gasteiger partial charge in [0.2, 0.25) is 0 Å². The lowest BCUT2D eigenvalue weighted by atomic mass is 9.99. The number of amides is 1. The van der Waals surface area contributed by atoms with Gasteiger partial charge in [-0.15, -0.1) is 22.7 Å². The summed E-state index contributed by atoms with van der Waals surface area (Å²) >= 11 is 2.90. The molecule has 1 amide bonds. The average molecular weight is 495 g/mol. The first kappa shape index (κ1) is 22.4. The third-order valence-electron chi connectivity index (χ3n) is 5.71. The molecule has 0 bridgehead atoms. The highest BCUT2D eigenvalue weighted by atomic mass is 32.1. The van der Waals surface area contributed by atoms with Crippen molar-refractivity contribution >= 4 is 44.8 Å². The zero-order chi connectivity index (χ0) is 23.7. The molecule has 4 aromatic rings. The van der Waals surface area contributed by atoms with E-state index in [1.165, 1.54) is 11.3 Å². The third-order valence-corrected chi connectivity index (χ3v) is 7.98. The van der Waals surface area contributed by atoms with Crippen molar-refractivity contribution < 1.29 is 23.8 Å². The fourth-order valence-electron chi connectivity index (χ4n) is 3.93. The molecule has 5 rings (SSSR count). The molecule has 0 spiro atoms. The molecule has 9 heteroatoms. The first-order chi connectivity index (χ1) is 16.6. The van der Waals surface area contributed by atoms with Crippen molar-refractivity contribution in [1.82, 2.24) is 9.88 Å². The van der Waals surface area contributed by atoms with Crippen LogP contribution in [0.4, 0.5) is 0 Å². The zero-order valence-corrected chi connectivity index (χ0v) is 20.3. The van der Waals surface area contributed by atoms with E-state index in [1.54, 1.807) is 36.5 Å². The van der Waals surface area contributed by atoms with Gasteiger partial charge >= 0.3 is 5.97 Å². The van der Waals surface area contributed by atoms with E-state index < -0.39 is 5.97 Å². The highest BCUT2D eigenvalue weighted by molar-refractivity contribution is 7.26. The number of methoxy groups -OCH3 is 2. The van der Waals surface area contributed by atoms with Gasteiger partial charge in [-0.3, -0.25) is 4.79 Å². The number of aromatic nitrogens is 1. The van der Waals surface area contributed by atoms with Crippen LogP contribution in [-0.4, -0.2) is 49.1 Å². The predicted octanol–water partition coefficient (Wildman–Crippen LogP) is 4.78. The number of esters is 1. The summed E-state index contributed by atoms with van der Waals surface area (Å²) in [5.74, 6) is 0.575. The summed E-state index contributed by atoms with van der Waals surface area (Å²) in [6.07, 6.45) is 0.700. The number of nitrogens with zero attached hydrogens (tertiary/aromatic N) is 2. The maximum atomic E-state index is 12.7. The van der Waals surface area contributed by atoms with Crippen LogP contribution in [0.15, 0.2) is 48.5 Å². The number of ether oxygens (including phenoxy) is 3. The molecule has 0 saturated heterocycles. The minimum absolute atomic E-state index is 0.225. The normalized spacial score (nSPS) is 12.9. The van der Waals surface area contributed by atoms with E-state index >= 15 is 0 Å². The summed E-state index contributed by atoms with van der Waals surface area (Å²) < 4.78 is 17.2. The number of benzene rings is 2. The molecule has 7 nitrogen and oxygen atoms in total. The van der Waals surface area contributed by atoms with E-state index in [2.05, 4.69) is 4.98 Å². The molecule has 0 atom stereocenters. The largest absolute Gasteiger partial charge is 0.493 e. The molecule has 2 aromatic carbocycles. The Kier molecular flexibility index (Phi) is 6.21. The third kappa shape index (κ3) is 4.36. The molecule has 0 unspecified atom stereocenters. The topological polar surface area (TPSA) is 78.0 Å². The van der Waals surface area contributed by atoms with Crippen LogP contribution in [0.1, 0.15) is 20.8 Å². The number of carbonyl (C=O) groups is 2. The van der Waals surface area contributed by atoms with Crippen molar-refractivity contribution in [3.8, 4) is 21.4 Å². The molecule has 0 fully saturated rings. The number of thiazole rings is 1. The van der Waals surface area contributed by atoms with Gasteiger partial charge in [0.25, 0.3) is 5.91 Å². The fourth-order valence-corrected chi connectivity index (χ4v) is 5.85. The van der Waals surface area contributed by atoms with Crippen molar-refractivity contribution in [2.75, 3.05) is 27.4 Å². The van der Waals surface area contributed by atoms with Crippen molar-refractivity contribution in [3.05, 3.63) is 64.5 Å². The second kappa shape index (κ2) is 9.44. The molecule has 2 aromatic heterocycles. The van der Waals surface area contributed by atoms with Crippen LogP contribution >= 0.6 is 22.7 Å². The molecular weight excluding hydrogens is 472 g/mol. The molecule has 0 saturated carbocycles. The Morgan fingerprint density at radius 1 is 1.00 bits per heavy atom. The summed E-state index contributed by atoms with van der Waals surface area (Å²) in [5, 5.41) is 0.861. The van der Waals surface area contributed by atoms with Gasteiger partial charge in [-0.2, -0.15) is 0 Å². The molecule has 0 N–H and O–H groups in total. The van der Waals surface area contributed by atoms with Crippen LogP contribution in [0.25, 0.3) is 20.1 Å². The van der Waals surface area contributed by atoms with E-state index in [0.29, 0.717) is 35.9 Å². The predicted molar refractivity (Wildman–Crippen MR) is 132 cm³/mol. The smallest absolute Gasteiger partial charge is 0.348 e. The lowest BCUT2D eigenvalue weighted by Gasteiger charge is -2.29. The van der Waals surface area contributed by atoms with E-state index in [1.807, 2.05) is 42.5 Å². The van der Waals surface area contributed by atoms with Gasteiger partial charge < -0.3 is 19.1 Å². The fraction of sp³-hybridized carbons (Fsp3) is 0.240. The van der Waals surface area contributed by atoms with E-state index in [-0.39, 0.29) is 12.5 Å². The van der Waals surface area contributed by atoms with E-state index in [4.69, 9.17) is 14.2 Å². The first-order valence-electron chi connectivity index (χ1n) is 10.7. The van der Waals surface area contributed by atoms with Crippen molar-refractivity contribution in [1.29, 1.82) is 0 Å². The molecule has 0 radical (unpaired) electrons. The number of para-hydroxylation sites is 1. The van der Waals surface area contributed by atoms with Crippen molar-refractivity contribution in [2.45, 2.75) is 13.0 Å². The molecular formula is C25H22N2O5S2. The van der Waals surface area contributed by atoms with Crippen LogP contribution in [0.5, 0.6) is 11.5 Å². The first-order valence-corrected chi connectivity index (χ1v) is 12.3. The summed E-state index contributed by atoms with van der Waals surface area (Å²) in [4.78, 5) is 33.0. The van der Waals surface area contributed by atoms with Crippen LogP contribution in [0, 0.1) is 0 Å². The monoisotopic (exact) mass is 494 g/mol. The number of thiophene rings is 1. The van der Waals surface area contributed by atoms with E-state index in [0.717, 1.165) is 31.2 Å². The summed E-state index contributed by atoms with van der Waals surface area (Å²) in [6.45, 7) is 0.697. The Morgan fingerprint density at radius 3 is 2.53 bits per heavy atom. The molecule has 1 aliphatic heterocycles. The summed E-state index contributed by atoms with van der Waals surface area (Å²) in [5.41, 5.74) is 3.06. The Labute approximate surface area is 204 Å². The molecule has 3 heterocycles. The van der Waals surface area contributed by atoms with Crippen LogP contribution < -0.4 is 9.47 Å². The molecule has 0 aliphatic carbocycles. The maximum Gasteiger partial charge on any atom is 0.348 e. The van der Waals surface area contributed by atoms with Gasteiger partial charge in [-0.25, -0.2) is 9.78 Å². The summed E-state index contributed by atoms with van der Waals surface area (Å²) in [6, 6.07) is 15.4. The second-order valence-electron chi connectivity index (χ2n) is 7.77. The van der Waals surface area contributed by atoms with Gasteiger partial charge in [0.15, 0.2) is 18.1 Å². The second-order valence-corrected chi connectivity index (χ2v) is 9.88. The van der Waals surface area contributed by atoms with Gasteiger partial charge in [-0.05, 0) is 53.9 Å². The Hall–Kier alpha value is -3.43. The Balaban J connectivity index is 1.21. The Morgan fingerprint density at radius 2 is 1.76 bits per heavy atom. The number of hydrogen-bond donors (Lipinski definition) is 0. The van der Waals surface area contributed by atoms with Crippen molar-refractivity contribution in [3.63, 3.8) is 0 Å². The number of fused-ring (bicyclic) bond motifs is 2. The van der Waals surface area contributed by atoms with Gasteiger partial charge in [0.1, 0.15) is 9.88 Å². The number of carbonyl (C=O) groups excluding carboxylic acids is 2. The quantitative estimate of drug-likeness (QED) is 0.359. The highest BCUT2D eigenvalue weighted by Crippen LogP contribution is 2.35. The van der Waals surface area contributed by atoms with Crippen LogP contribution in [-0.2, 0) is 22.5 Å². The van der Waals surface area contributed by atoms with Gasteiger partial charge in [0.05, 0.1) is 29.3 Å². The highest BCUT2D eigenvalue weighted by Gasteiger charge is 2.24. The van der Waals surface area contributed by atoms with Crippen LogP contribution in [0.2, 0.25) is 0 Å². The number of rotatable bonds is 6. The van der Waals surface area contributed by atoms with Gasteiger partial charge in [-0.1, -0.05) is 12.1 Å². The Bertz CT molecular complexity index is 1340. The SMILES string of the molecule is COc1cc2c(cc1OC)CN(C(=O)COC(=O)c1ccc(-c3nc4ccccc4s3)s1)CC2. The van der Waals surface area contributed by atoms with Crippen LogP contribution in [0.3, 0.4) is 0 Å². The van der Waals surface area contributed by atoms with Gasteiger partial charge in [0, 0.05) is 13.1 Å².